The summed E-state index contributed by atoms with van der Waals surface area (Å²) in [5, 5.41) is 1.63. The van der Waals surface area contributed by atoms with Crippen LogP contribution in [0.1, 0.15) is 0 Å². The van der Waals surface area contributed by atoms with Crippen molar-refractivity contribution in [1.29, 1.82) is 0 Å². The van der Waals surface area contributed by atoms with Crippen LogP contribution in [0.15, 0.2) is 30.5 Å². The van der Waals surface area contributed by atoms with Gasteiger partial charge in [0, 0.05) is 16.6 Å². The standard InChI is InChI=1S/C9H7Cl2N3/c10-6-1-2-7-8(13-14-11)3-4-12-9(7)5-6/h1-5,14H,(H,12,13). The second-order valence-corrected chi connectivity index (χ2v) is 3.36. The third-order valence-corrected chi connectivity index (χ3v) is 2.22. The van der Waals surface area contributed by atoms with Crippen molar-refractivity contribution in [2.24, 2.45) is 0 Å². The lowest BCUT2D eigenvalue weighted by Crippen LogP contribution is -2.08. The van der Waals surface area contributed by atoms with Crippen LogP contribution in [0, 0.1) is 0 Å². The lowest BCUT2D eigenvalue weighted by Gasteiger charge is -2.06. The summed E-state index contributed by atoms with van der Waals surface area (Å²) < 4.78 is 0. The first-order chi connectivity index (χ1) is 6.81. The zero-order valence-corrected chi connectivity index (χ0v) is 8.60. The van der Waals surface area contributed by atoms with Crippen LogP contribution in [-0.4, -0.2) is 4.98 Å². The molecule has 1 aromatic carbocycles. The molecule has 2 rings (SSSR count). The Morgan fingerprint density at radius 3 is 2.86 bits per heavy atom. The van der Waals surface area contributed by atoms with Gasteiger partial charge in [-0.2, -0.15) is 0 Å². The Bertz CT molecular complexity index is 459. The summed E-state index contributed by atoms with van der Waals surface area (Å²) in [6, 6.07) is 7.33. The quantitative estimate of drug-likeness (QED) is 0.612. The zero-order chi connectivity index (χ0) is 9.97. The molecule has 2 N–H and O–H groups in total. The molecule has 1 heterocycles. The number of aromatic nitrogens is 1. The molecule has 1 aromatic heterocycles. The first kappa shape index (κ1) is 9.52. The van der Waals surface area contributed by atoms with Crippen molar-refractivity contribution in [3.05, 3.63) is 35.5 Å². The summed E-state index contributed by atoms with van der Waals surface area (Å²) in [7, 11) is 0. The topological polar surface area (TPSA) is 37.0 Å². The van der Waals surface area contributed by atoms with Gasteiger partial charge in [-0.05, 0) is 36.0 Å². The molecule has 14 heavy (non-hydrogen) atoms. The molecule has 0 aliphatic heterocycles. The predicted octanol–water partition coefficient (Wildman–Crippen LogP) is 2.96. The molecule has 2 aromatic rings. The molecule has 5 heteroatoms. The number of nitrogens with zero attached hydrogens (tertiary/aromatic N) is 1. The summed E-state index contributed by atoms with van der Waals surface area (Å²) in [5.41, 5.74) is 4.49. The average molecular weight is 228 g/mol. The molecule has 0 bridgehead atoms. The second-order valence-electron chi connectivity index (χ2n) is 2.74. The molecule has 0 unspecified atom stereocenters. The van der Waals surface area contributed by atoms with Gasteiger partial charge in [0.05, 0.1) is 11.2 Å². The van der Waals surface area contributed by atoms with Gasteiger partial charge < -0.3 is 5.43 Å². The van der Waals surface area contributed by atoms with E-state index in [2.05, 4.69) is 15.4 Å². The van der Waals surface area contributed by atoms with E-state index in [1.165, 1.54) is 0 Å². The van der Waals surface area contributed by atoms with Crippen molar-refractivity contribution in [1.82, 2.24) is 9.93 Å². The van der Waals surface area contributed by atoms with Crippen molar-refractivity contribution in [2.75, 3.05) is 5.43 Å². The van der Waals surface area contributed by atoms with E-state index >= 15 is 0 Å². The number of fused-ring (bicyclic) bond motifs is 1. The van der Waals surface area contributed by atoms with E-state index in [1.54, 1.807) is 12.3 Å². The van der Waals surface area contributed by atoms with Crippen LogP contribution < -0.4 is 10.4 Å². The number of nitrogens with one attached hydrogen (secondary N) is 2. The van der Waals surface area contributed by atoms with Gasteiger partial charge >= 0.3 is 0 Å². The molecule has 0 saturated heterocycles. The number of benzene rings is 1. The minimum Gasteiger partial charge on any atom is -0.307 e. The highest BCUT2D eigenvalue weighted by Gasteiger charge is 2.00. The summed E-state index contributed by atoms with van der Waals surface area (Å²) in [4.78, 5) is 6.54. The maximum absolute atomic E-state index is 5.85. The number of hydrogen-bond donors (Lipinski definition) is 2. The Balaban J connectivity index is 2.62. The molecule has 0 fully saturated rings. The highest BCUT2D eigenvalue weighted by Crippen LogP contribution is 2.23. The van der Waals surface area contributed by atoms with Crippen LogP contribution in [0.2, 0.25) is 5.02 Å². The van der Waals surface area contributed by atoms with Crippen LogP contribution in [0.3, 0.4) is 0 Å². The van der Waals surface area contributed by atoms with Gasteiger partial charge in [0.2, 0.25) is 0 Å². The largest absolute Gasteiger partial charge is 0.307 e. The lowest BCUT2D eigenvalue weighted by molar-refractivity contribution is 1.20. The second kappa shape index (κ2) is 4.00. The van der Waals surface area contributed by atoms with E-state index < -0.39 is 0 Å². The molecule has 0 amide bonds. The van der Waals surface area contributed by atoms with Crippen molar-refractivity contribution in [3.63, 3.8) is 0 Å². The van der Waals surface area contributed by atoms with Crippen LogP contribution in [0.5, 0.6) is 0 Å². The van der Waals surface area contributed by atoms with Crippen molar-refractivity contribution in [3.8, 4) is 0 Å². The number of anilines is 1. The van der Waals surface area contributed by atoms with Gasteiger partial charge in [-0.3, -0.25) is 4.98 Å². The minimum atomic E-state index is 0.668. The first-order valence-electron chi connectivity index (χ1n) is 3.97. The SMILES string of the molecule is ClNNc1ccnc2cc(Cl)ccc12. The fourth-order valence-electron chi connectivity index (χ4n) is 1.28. The molecule has 0 aliphatic carbocycles. The molecular formula is C9H7Cl2N3. The van der Waals surface area contributed by atoms with Crippen molar-refractivity contribution >= 4 is 40.0 Å². The zero-order valence-electron chi connectivity index (χ0n) is 7.09. The molecule has 3 nitrogen and oxygen atoms in total. The third-order valence-electron chi connectivity index (χ3n) is 1.89. The Labute approximate surface area is 91.1 Å². The van der Waals surface area contributed by atoms with Crippen molar-refractivity contribution < 1.29 is 0 Å². The number of halogens is 2. The Kier molecular flexibility index (Phi) is 2.72. The molecule has 0 atom stereocenters. The lowest BCUT2D eigenvalue weighted by atomic mass is 10.2. The fraction of sp³-hybridized carbons (Fsp3) is 0. The monoisotopic (exact) mass is 227 g/mol. The molecular weight excluding hydrogens is 221 g/mol. The van der Waals surface area contributed by atoms with Crippen LogP contribution in [0.4, 0.5) is 5.69 Å². The number of hydrogen-bond acceptors (Lipinski definition) is 3. The first-order valence-corrected chi connectivity index (χ1v) is 4.73. The van der Waals surface area contributed by atoms with Gasteiger partial charge in [0.15, 0.2) is 0 Å². The van der Waals surface area contributed by atoms with Crippen molar-refractivity contribution in [2.45, 2.75) is 0 Å². The van der Waals surface area contributed by atoms with E-state index in [1.807, 2.05) is 18.2 Å². The third kappa shape index (κ3) is 1.75. The average Bonchev–Trinajstić information content (AvgIpc) is 2.18. The van der Waals surface area contributed by atoms with E-state index in [0.29, 0.717) is 5.02 Å². The van der Waals surface area contributed by atoms with E-state index in [4.69, 9.17) is 23.4 Å². The number of rotatable bonds is 2. The number of pyridine rings is 1. The smallest absolute Gasteiger partial charge is 0.0738 e. The van der Waals surface area contributed by atoms with Gasteiger partial charge in [-0.15, -0.1) is 4.94 Å². The maximum atomic E-state index is 5.85. The Hall–Kier alpha value is -1.03. The van der Waals surface area contributed by atoms with E-state index in [9.17, 15) is 0 Å². The molecule has 0 spiro atoms. The molecule has 0 saturated carbocycles. The molecule has 0 radical (unpaired) electrons. The highest BCUT2D eigenvalue weighted by molar-refractivity contribution is 6.31. The normalized spacial score (nSPS) is 10.4. The van der Waals surface area contributed by atoms with E-state index in [-0.39, 0.29) is 0 Å². The van der Waals surface area contributed by atoms with Gasteiger partial charge in [-0.25, -0.2) is 0 Å². The Morgan fingerprint density at radius 1 is 1.21 bits per heavy atom. The van der Waals surface area contributed by atoms with E-state index in [0.717, 1.165) is 16.6 Å². The summed E-state index contributed by atoms with van der Waals surface area (Å²) in [6.07, 6.45) is 1.69. The summed E-state index contributed by atoms with van der Waals surface area (Å²) >= 11 is 11.2. The van der Waals surface area contributed by atoms with Crippen LogP contribution >= 0.6 is 23.4 Å². The number of hydrazine groups is 1. The summed E-state index contributed by atoms with van der Waals surface area (Å²) in [5.74, 6) is 0. The van der Waals surface area contributed by atoms with Gasteiger partial charge in [0.1, 0.15) is 0 Å². The molecule has 72 valence electrons. The fourth-order valence-corrected chi connectivity index (χ4v) is 1.55. The predicted molar refractivity (Wildman–Crippen MR) is 59.4 cm³/mol. The van der Waals surface area contributed by atoms with Gasteiger partial charge in [-0.1, -0.05) is 11.6 Å². The van der Waals surface area contributed by atoms with Gasteiger partial charge in [0.25, 0.3) is 0 Å². The highest BCUT2D eigenvalue weighted by atomic mass is 35.5. The maximum Gasteiger partial charge on any atom is 0.0738 e. The van der Waals surface area contributed by atoms with Crippen LogP contribution in [-0.2, 0) is 0 Å². The minimum absolute atomic E-state index is 0.668. The van der Waals surface area contributed by atoms with Crippen LogP contribution in [0.25, 0.3) is 10.9 Å². The Morgan fingerprint density at radius 2 is 2.07 bits per heavy atom. The molecule has 0 aliphatic rings. The summed E-state index contributed by atoms with van der Waals surface area (Å²) in [6.45, 7) is 0.